The second-order valence-electron chi connectivity index (χ2n) is 10.8. The van der Waals surface area contributed by atoms with E-state index in [1.165, 1.54) is 4.68 Å². The molecule has 0 bridgehead atoms. The number of nitrogen functional groups attached to an aromatic ring is 1. The zero-order chi connectivity index (χ0) is 27.6. The van der Waals surface area contributed by atoms with Crippen LogP contribution in [0.2, 0.25) is 0 Å². The molecule has 1 aliphatic rings. The minimum Gasteiger partial charge on any atom is -0.494 e. The van der Waals surface area contributed by atoms with E-state index in [0.29, 0.717) is 30.3 Å². The van der Waals surface area contributed by atoms with Gasteiger partial charge in [-0.2, -0.15) is 0 Å². The Bertz CT molecular complexity index is 1300. The maximum Gasteiger partial charge on any atom is 0.401 e. The predicted octanol–water partition coefficient (Wildman–Crippen LogP) is 3.50. The first-order valence-electron chi connectivity index (χ1n) is 13.4. The maximum absolute atomic E-state index is 13.7. The summed E-state index contributed by atoms with van der Waals surface area (Å²) in [7, 11) is 1.68. The van der Waals surface area contributed by atoms with Crippen molar-refractivity contribution in [2.45, 2.75) is 72.4 Å². The highest BCUT2D eigenvalue weighted by molar-refractivity contribution is 5.97. The van der Waals surface area contributed by atoms with Gasteiger partial charge in [0.1, 0.15) is 11.9 Å². The number of carbonyl (C=O) groups is 1. The van der Waals surface area contributed by atoms with Crippen LogP contribution in [0.25, 0.3) is 5.65 Å². The lowest BCUT2D eigenvalue weighted by molar-refractivity contribution is -0.723. The van der Waals surface area contributed by atoms with E-state index in [2.05, 4.69) is 49.7 Å². The van der Waals surface area contributed by atoms with Crippen LogP contribution in [0.1, 0.15) is 68.9 Å². The van der Waals surface area contributed by atoms with Crippen molar-refractivity contribution in [2.24, 2.45) is 0 Å². The van der Waals surface area contributed by atoms with Gasteiger partial charge in [0.25, 0.3) is 5.65 Å². The van der Waals surface area contributed by atoms with E-state index >= 15 is 0 Å². The Balaban J connectivity index is 1.71. The van der Waals surface area contributed by atoms with Crippen LogP contribution in [-0.2, 0) is 16.7 Å². The standard InChI is InChI=1S/C28H40N6O4/c1-8-20(9-2)38-24-14-18(3)26-31-33(27(29)34(26)30-24)17-23(35)19-15-21(28(4,5)6)25(36-7)22(16-19)32-10-12-37-13-11-32/h14-16,20,29H,8-13,17H2,1-7H3/p+1. The number of benzene rings is 1. The van der Waals surface area contributed by atoms with E-state index in [-0.39, 0.29) is 29.8 Å². The number of nitrogens with two attached hydrogens (primary N) is 1. The average molecular weight is 526 g/mol. The molecule has 0 spiro atoms. The number of fused-ring (bicyclic) bond motifs is 1. The van der Waals surface area contributed by atoms with E-state index in [0.717, 1.165) is 48.5 Å². The third kappa shape index (κ3) is 5.55. The first-order valence-corrected chi connectivity index (χ1v) is 13.4. The number of methoxy groups -OCH3 is 1. The number of Topliss-reactive ketones (excluding diaryl/α,β-unsaturated/α-hetero) is 1. The third-order valence-electron chi connectivity index (χ3n) is 7.04. The molecule has 1 aromatic carbocycles. The Morgan fingerprint density at radius 1 is 1.18 bits per heavy atom. The highest BCUT2D eigenvalue weighted by Gasteiger charge is 2.29. The zero-order valence-corrected chi connectivity index (χ0v) is 23.7. The molecule has 0 aliphatic carbocycles. The SMILES string of the molecule is CCC(CC)Oc1cc(C)c2n[n+](CC(=O)c3cc(N4CCOCC4)c(OC)c(C(C)(C)C)c3)c(N)n2n1. The second-order valence-corrected chi connectivity index (χ2v) is 10.8. The molecule has 4 rings (SSSR count). The largest absolute Gasteiger partial charge is 0.494 e. The summed E-state index contributed by atoms with van der Waals surface area (Å²) >= 11 is 0. The summed E-state index contributed by atoms with van der Waals surface area (Å²) in [6.07, 6.45) is 1.84. The molecule has 2 aromatic heterocycles. The fraction of sp³-hybridized carbons (Fsp3) is 0.571. The topological polar surface area (TPSA) is 108 Å². The number of aryl methyl sites for hydroxylation is 1. The number of rotatable bonds is 9. The minimum absolute atomic E-state index is 0.0180. The number of hydrogen-bond acceptors (Lipinski definition) is 8. The fourth-order valence-electron chi connectivity index (χ4n) is 4.76. The van der Waals surface area contributed by atoms with Crippen molar-refractivity contribution in [1.82, 2.24) is 14.7 Å². The molecule has 0 atom stereocenters. The van der Waals surface area contributed by atoms with Crippen molar-refractivity contribution in [1.29, 1.82) is 0 Å². The highest BCUT2D eigenvalue weighted by atomic mass is 16.5. The monoisotopic (exact) mass is 525 g/mol. The van der Waals surface area contributed by atoms with Crippen molar-refractivity contribution in [3.05, 3.63) is 34.9 Å². The lowest BCUT2D eigenvalue weighted by atomic mass is 9.84. The first-order chi connectivity index (χ1) is 18.1. The van der Waals surface area contributed by atoms with Crippen LogP contribution in [0.4, 0.5) is 11.6 Å². The molecule has 10 heteroatoms. The molecular weight excluding hydrogens is 484 g/mol. The van der Waals surface area contributed by atoms with Crippen LogP contribution in [0.3, 0.4) is 0 Å². The summed E-state index contributed by atoms with van der Waals surface area (Å²) in [5.41, 5.74) is 10.1. The van der Waals surface area contributed by atoms with Gasteiger partial charge >= 0.3 is 5.95 Å². The Hall–Kier alpha value is -3.40. The molecular formula is C28H41N6O4+. The van der Waals surface area contributed by atoms with E-state index in [1.54, 1.807) is 11.6 Å². The van der Waals surface area contributed by atoms with Crippen molar-refractivity contribution in [3.63, 3.8) is 0 Å². The van der Waals surface area contributed by atoms with E-state index in [1.807, 2.05) is 25.1 Å². The molecule has 3 heterocycles. The fourth-order valence-corrected chi connectivity index (χ4v) is 4.76. The molecule has 2 N–H and O–H groups in total. The smallest absolute Gasteiger partial charge is 0.401 e. The van der Waals surface area contributed by atoms with Crippen molar-refractivity contribution < 1.29 is 23.7 Å². The van der Waals surface area contributed by atoms with Gasteiger partial charge in [0, 0.05) is 35.8 Å². The summed E-state index contributed by atoms with van der Waals surface area (Å²) in [6.45, 7) is 15.2. The molecule has 1 fully saturated rings. The molecule has 0 saturated carbocycles. The molecule has 10 nitrogen and oxygen atoms in total. The van der Waals surface area contributed by atoms with Gasteiger partial charge in [-0.25, -0.2) is 0 Å². The molecule has 0 unspecified atom stereocenters. The summed E-state index contributed by atoms with van der Waals surface area (Å²) in [6, 6.07) is 5.71. The summed E-state index contributed by atoms with van der Waals surface area (Å²) in [5, 5.41) is 9.18. The van der Waals surface area contributed by atoms with Gasteiger partial charge in [-0.1, -0.05) is 49.3 Å². The molecule has 1 aliphatic heterocycles. The number of aromatic nitrogens is 4. The molecule has 0 radical (unpaired) electrons. The molecule has 3 aromatic rings. The average Bonchev–Trinajstić information content (AvgIpc) is 3.21. The zero-order valence-electron chi connectivity index (χ0n) is 23.7. The highest BCUT2D eigenvalue weighted by Crippen LogP contribution is 2.40. The van der Waals surface area contributed by atoms with Crippen molar-refractivity contribution in [3.8, 4) is 11.6 Å². The summed E-state index contributed by atoms with van der Waals surface area (Å²) in [4.78, 5) is 15.9. The van der Waals surface area contributed by atoms with Crippen LogP contribution in [0, 0.1) is 6.92 Å². The van der Waals surface area contributed by atoms with Crippen LogP contribution in [0.5, 0.6) is 11.6 Å². The van der Waals surface area contributed by atoms with Gasteiger partial charge in [-0.15, -0.1) is 4.68 Å². The number of hydrogen-bond donors (Lipinski definition) is 1. The van der Waals surface area contributed by atoms with Crippen molar-refractivity contribution >= 4 is 23.1 Å². The van der Waals surface area contributed by atoms with Crippen LogP contribution in [-0.4, -0.2) is 60.0 Å². The lowest BCUT2D eigenvalue weighted by Crippen LogP contribution is -2.42. The van der Waals surface area contributed by atoms with E-state index in [9.17, 15) is 4.79 Å². The Morgan fingerprint density at radius 2 is 1.87 bits per heavy atom. The number of ether oxygens (including phenoxy) is 3. The van der Waals surface area contributed by atoms with Gasteiger partial charge in [0.05, 0.1) is 26.0 Å². The molecule has 206 valence electrons. The quantitative estimate of drug-likeness (QED) is 0.334. The Kier molecular flexibility index (Phi) is 8.10. The van der Waals surface area contributed by atoms with Crippen LogP contribution in [0.15, 0.2) is 18.2 Å². The van der Waals surface area contributed by atoms with Crippen LogP contribution >= 0.6 is 0 Å². The number of morpholine rings is 1. The predicted molar refractivity (Wildman–Crippen MR) is 146 cm³/mol. The van der Waals surface area contributed by atoms with Crippen molar-refractivity contribution in [2.75, 3.05) is 44.0 Å². The van der Waals surface area contributed by atoms with Gasteiger partial charge < -0.3 is 19.1 Å². The van der Waals surface area contributed by atoms with Crippen LogP contribution < -0.4 is 24.8 Å². The number of ketones is 1. The summed E-state index contributed by atoms with van der Waals surface area (Å²) < 4.78 is 20.5. The summed E-state index contributed by atoms with van der Waals surface area (Å²) in [5.74, 6) is 1.45. The Morgan fingerprint density at radius 3 is 2.47 bits per heavy atom. The number of nitrogens with zero attached hydrogens (tertiary/aromatic N) is 5. The molecule has 38 heavy (non-hydrogen) atoms. The van der Waals surface area contributed by atoms with Gasteiger partial charge in [0.2, 0.25) is 5.88 Å². The van der Waals surface area contributed by atoms with E-state index < -0.39 is 0 Å². The lowest BCUT2D eigenvalue weighted by Gasteiger charge is -2.33. The Labute approximate surface area is 224 Å². The minimum atomic E-state index is -0.232. The molecule has 1 saturated heterocycles. The maximum atomic E-state index is 13.7. The normalized spacial score (nSPS) is 14.4. The van der Waals surface area contributed by atoms with Gasteiger partial charge in [0.15, 0.2) is 12.3 Å². The van der Waals surface area contributed by atoms with Gasteiger partial charge in [-0.05, 0) is 37.3 Å². The first kappa shape index (κ1) is 27.6. The molecule has 0 amide bonds. The van der Waals surface area contributed by atoms with Gasteiger partial charge in [-0.3, -0.25) is 10.5 Å². The second kappa shape index (κ2) is 11.1. The third-order valence-corrected chi connectivity index (χ3v) is 7.04. The number of anilines is 2. The number of carbonyl (C=O) groups excluding carboxylic acids is 1. The van der Waals surface area contributed by atoms with E-state index in [4.69, 9.17) is 19.9 Å².